The standard InChI is InChI=1S/C23H23NO/c1-16-13-14-21(18(3)15-16)23(25)24-22(19-10-5-4-6-11-19)20-12-8-7-9-17(20)2/h4-15,22H,1-3H3,(H,24,25)/t22-/m1/s1. The Labute approximate surface area is 149 Å². The van der Waals surface area contributed by atoms with Gasteiger partial charge in [0, 0.05) is 5.56 Å². The van der Waals surface area contributed by atoms with Crippen LogP contribution in [0.3, 0.4) is 0 Å². The number of rotatable bonds is 4. The second kappa shape index (κ2) is 7.35. The van der Waals surface area contributed by atoms with Gasteiger partial charge in [0.2, 0.25) is 0 Å². The molecule has 0 aliphatic carbocycles. The lowest BCUT2D eigenvalue weighted by Crippen LogP contribution is -2.30. The smallest absolute Gasteiger partial charge is 0.252 e. The molecule has 0 saturated heterocycles. The highest BCUT2D eigenvalue weighted by molar-refractivity contribution is 5.96. The highest BCUT2D eigenvalue weighted by Gasteiger charge is 2.20. The fourth-order valence-corrected chi connectivity index (χ4v) is 3.17. The molecule has 2 nitrogen and oxygen atoms in total. The van der Waals surface area contributed by atoms with Gasteiger partial charge in [-0.15, -0.1) is 0 Å². The molecular weight excluding hydrogens is 306 g/mol. The zero-order chi connectivity index (χ0) is 17.8. The van der Waals surface area contributed by atoms with Gasteiger partial charge in [0.1, 0.15) is 0 Å². The van der Waals surface area contributed by atoms with Crippen molar-refractivity contribution in [1.82, 2.24) is 5.32 Å². The van der Waals surface area contributed by atoms with Crippen LogP contribution in [0, 0.1) is 20.8 Å². The molecule has 1 N–H and O–H groups in total. The summed E-state index contributed by atoms with van der Waals surface area (Å²) >= 11 is 0. The molecule has 0 radical (unpaired) electrons. The molecule has 126 valence electrons. The average Bonchev–Trinajstić information content (AvgIpc) is 2.61. The lowest BCUT2D eigenvalue weighted by atomic mass is 9.94. The van der Waals surface area contributed by atoms with Crippen molar-refractivity contribution in [2.75, 3.05) is 0 Å². The Balaban J connectivity index is 1.98. The minimum atomic E-state index is -0.171. The van der Waals surface area contributed by atoms with E-state index in [1.54, 1.807) is 0 Å². The molecule has 1 atom stereocenters. The number of benzene rings is 3. The highest BCUT2D eigenvalue weighted by Crippen LogP contribution is 2.25. The molecule has 0 bridgehead atoms. The zero-order valence-electron chi connectivity index (χ0n) is 14.9. The second-order valence-electron chi connectivity index (χ2n) is 6.49. The first-order chi connectivity index (χ1) is 12.1. The fraction of sp³-hybridized carbons (Fsp3) is 0.174. The van der Waals surface area contributed by atoms with Crippen molar-refractivity contribution in [3.63, 3.8) is 0 Å². The van der Waals surface area contributed by atoms with Gasteiger partial charge in [-0.2, -0.15) is 0 Å². The maximum Gasteiger partial charge on any atom is 0.252 e. The summed E-state index contributed by atoms with van der Waals surface area (Å²) in [7, 11) is 0. The van der Waals surface area contributed by atoms with Gasteiger partial charge in [0.05, 0.1) is 6.04 Å². The lowest BCUT2D eigenvalue weighted by Gasteiger charge is -2.22. The Kier molecular flexibility index (Phi) is 4.99. The van der Waals surface area contributed by atoms with Crippen molar-refractivity contribution in [2.45, 2.75) is 26.8 Å². The molecule has 0 fully saturated rings. The second-order valence-corrected chi connectivity index (χ2v) is 6.49. The van der Waals surface area contributed by atoms with Gasteiger partial charge >= 0.3 is 0 Å². The van der Waals surface area contributed by atoms with Crippen LogP contribution >= 0.6 is 0 Å². The Morgan fingerprint density at radius 1 is 0.800 bits per heavy atom. The molecule has 3 aromatic rings. The summed E-state index contributed by atoms with van der Waals surface area (Å²) < 4.78 is 0. The van der Waals surface area contributed by atoms with E-state index in [9.17, 15) is 4.79 Å². The molecule has 0 saturated carbocycles. The van der Waals surface area contributed by atoms with Crippen LogP contribution in [-0.2, 0) is 0 Å². The number of hydrogen-bond donors (Lipinski definition) is 1. The van der Waals surface area contributed by atoms with Crippen molar-refractivity contribution in [1.29, 1.82) is 0 Å². The summed E-state index contributed by atoms with van der Waals surface area (Å²) in [5, 5.41) is 3.23. The predicted octanol–water partition coefficient (Wildman–Crippen LogP) is 5.13. The van der Waals surface area contributed by atoms with Gasteiger partial charge in [-0.25, -0.2) is 0 Å². The Hall–Kier alpha value is -2.87. The Morgan fingerprint density at radius 2 is 1.48 bits per heavy atom. The van der Waals surface area contributed by atoms with Crippen molar-refractivity contribution in [2.24, 2.45) is 0 Å². The van der Waals surface area contributed by atoms with E-state index >= 15 is 0 Å². The van der Waals surface area contributed by atoms with Crippen molar-refractivity contribution in [3.8, 4) is 0 Å². The van der Waals surface area contributed by atoms with E-state index in [1.165, 1.54) is 0 Å². The topological polar surface area (TPSA) is 29.1 Å². The molecule has 2 heteroatoms. The summed E-state index contributed by atoms with van der Waals surface area (Å²) in [6.07, 6.45) is 0. The van der Waals surface area contributed by atoms with Crippen LogP contribution in [0.25, 0.3) is 0 Å². The number of carbonyl (C=O) groups excluding carboxylic acids is 1. The predicted molar refractivity (Wildman–Crippen MR) is 103 cm³/mol. The van der Waals surface area contributed by atoms with Crippen LogP contribution in [0.5, 0.6) is 0 Å². The van der Waals surface area contributed by atoms with Crippen LogP contribution in [0.2, 0.25) is 0 Å². The van der Waals surface area contributed by atoms with Gasteiger partial charge in [-0.1, -0.05) is 72.3 Å². The van der Waals surface area contributed by atoms with E-state index < -0.39 is 0 Å². The Bertz CT molecular complexity index is 884. The van der Waals surface area contributed by atoms with E-state index in [-0.39, 0.29) is 11.9 Å². The molecule has 0 spiro atoms. The lowest BCUT2D eigenvalue weighted by molar-refractivity contribution is 0.0942. The number of aryl methyl sites for hydroxylation is 3. The maximum absolute atomic E-state index is 12.9. The molecule has 0 heterocycles. The van der Waals surface area contributed by atoms with E-state index in [1.807, 2.05) is 62.4 Å². The third kappa shape index (κ3) is 3.80. The van der Waals surface area contributed by atoms with Crippen LogP contribution < -0.4 is 5.32 Å². The van der Waals surface area contributed by atoms with Gasteiger partial charge in [0.25, 0.3) is 5.91 Å². The maximum atomic E-state index is 12.9. The van der Waals surface area contributed by atoms with Crippen LogP contribution in [0.4, 0.5) is 0 Å². The minimum absolute atomic E-state index is 0.0467. The van der Waals surface area contributed by atoms with Gasteiger partial charge in [-0.05, 0) is 49.1 Å². The Morgan fingerprint density at radius 3 is 2.16 bits per heavy atom. The number of carbonyl (C=O) groups is 1. The van der Waals surface area contributed by atoms with E-state index in [2.05, 4.69) is 36.5 Å². The first-order valence-electron chi connectivity index (χ1n) is 8.55. The van der Waals surface area contributed by atoms with Crippen LogP contribution in [-0.4, -0.2) is 5.91 Å². The van der Waals surface area contributed by atoms with Crippen molar-refractivity contribution >= 4 is 5.91 Å². The van der Waals surface area contributed by atoms with E-state index in [0.717, 1.165) is 33.4 Å². The molecular formula is C23H23NO. The monoisotopic (exact) mass is 329 g/mol. The third-order valence-electron chi connectivity index (χ3n) is 4.53. The molecule has 0 aromatic heterocycles. The summed E-state index contributed by atoms with van der Waals surface area (Å²) in [5.74, 6) is -0.0467. The first kappa shape index (κ1) is 17.0. The minimum Gasteiger partial charge on any atom is -0.341 e. The van der Waals surface area contributed by atoms with Gasteiger partial charge in [0.15, 0.2) is 0 Å². The molecule has 0 unspecified atom stereocenters. The van der Waals surface area contributed by atoms with Gasteiger partial charge in [-0.3, -0.25) is 4.79 Å². The number of hydrogen-bond acceptors (Lipinski definition) is 1. The largest absolute Gasteiger partial charge is 0.341 e. The quantitative estimate of drug-likeness (QED) is 0.706. The molecule has 1 amide bonds. The molecule has 25 heavy (non-hydrogen) atoms. The summed E-state index contributed by atoms with van der Waals surface area (Å²) in [5.41, 5.74) is 6.24. The number of amides is 1. The number of nitrogens with one attached hydrogen (secondary N) is 1. The normalized spacial score (nSPS) is 11.8. The van der Waals surface area contributed by atoms with Crippen molar-refractivity contribution < 1.29 is 4.79 Å². The fourth-order valence-electron chi connectivity index (χ4n) is 3.17. The molecule has 0 aliphatic heterocycles. The zero-order valence-corrected chi connectivity index (χ0v) is 14.9. The van der Waals surface area contributed by atoms with Crippen molar-refractivity contribution in [3.05, 3.63) is 106 Å². The highest BCUT2D eigenvalue weighted by atomic mass is 16.1. The molecule has 3 rings (SSSR count). The summed E-state index contributed by atoms with van der Waals surface area (Å²) in [4.78, 5) is 12.9. The first-order valence-corrected chi connectivity index (χ1v) is 8.55. The summed E-state index contributed by atoms with van der Waals surface area (Å²) in [6, 6.07) is 24.1. The SMILES string of the molecule is Cc1ccc(C(=O)N[C@H](c2ccccc2)c2ccccc2C)c(C)c1. The van der Waals surface area contributed by atoms with Gasteiger partial charge < -0.3 is 5.32 Å². The third-order valence-corrected chi connectivity index (χ3v) is 4.53. The average molecular weight is 329 g/mol. The molecule has 0 aliphatic rings. The van der Waals surface area contributed by atoms with Crippen LogP contribution in [0.1, 0.15) is 44.2 Å². The van der Waals surface area contributed by atoms with E-state index in [4.69, 9.17) is 0 Å². The summed E-state index contributed by atoms with van der Waals surface area (Å²) in [6.45, 7) is 6.09. The van der Waals surface area contributed by atoms with Crippen LogP contribution in [0.15, 0.2) is 72.8 Å². The molecule has 3 aromatic carbocycles. The van der Waals surface area contributed by atoms with E-state index in [0.29, 0.717) is 0 Å².